The molecular weight excluding hydrogens is 874 g/mol. The van der Waals surface area contributed by atoms with Crippen LogP contribution in [0, 0.1) is 0 Å². The van der Waals surface area contributed by atoms with E-state index >= 15 is 0 Å². The highest BCUT2D eigenvalue weighted by atomic mass is 31.2. The third-order valence-electron chi connectivity index (χ3n) is 11.4. The lowest BCUT2D eigenvalue weighted by atomic mass is 9.85. The molecule has 0 aromatic rings. The number of carbonyl (C=O) groups excluding carboxylic acids is 2. The molecule has 7 N–H and O–H groups in total. The van der Waals surface area contributed by atoms with Gasteiger partial charge in [-0.1, -0.05) is 128 Å². The van der Waals surface area contributed by atoms with E-state index in [1.54, 1.807) is 0 Å². The molecule has 64 heavy (non-hydrogen) atoms. The molecule has 19 heteroatoms. The number of carbonyl (C=O) groups is 2. The summed E-state index contributed by atoms with van der Waals surface area (Å²) in [6, 6.07) is 0. The summed E-state index contributed by atoms with van der Waals surface area (Å²) in [5.74, 6) is -1.23. The summed E-state index contributed by atoms with van der Waals surface area (Å²) in [7, 11) is -10.7. The smallest absolute Gasteiger partial charge is 0.462 e. The maximum absolute atomic E-state index is 13.0. The molecule has 10 atom stereocenters. The first-order chi connectivity index (χ1) is 30.6. The van der Waals surface area contributed by atoms with Crippen molar-refractivity contribution < 1.29 is 81.6 Å². The zero-order chi connectivity index (χ0) is 47.2. The molecule has 1 saturated heterocycles. The molecule has 0 aromatic carbocycles. The molecule has 17 nitrogen and oxygen atoms in total. The minimum atomic E-state index is -5.37. The third kappa shape index (κ3) is 27.3. The van der Waals surface area contributed by atoms with E-state index in [1.807, 2.05) is 0 Å². The molecule has 2 fully saturated rings. The standard InChI is InChI=1S/C45H82O17P2/c1-3-5-7-8-9-10-11-12-13-14-15-16-21-24-28-32-39(47)59-35(34-58-64(55,56)62-45-42(50)40(48)41(49)44(43(45)51)61-63(52,53)54)33-57-38(46)31-27-23-20-18-17-19-22-26-30-37-36(60-37)29-25-6-4-2/h10-11,22,26,35-37,40-45,48-51H,3-9,12-21,23-25,27-34H2,1-2H3,(H,55,56)(H2,52,53,54)/b11-10-,26-22-/t35-,36?,37?,40?,41?,42?,43?,44-,45+/m1/s1. The molecule has 0 aromatic heterocycles. The van der Waals surface area contributed by atoms with E-state index < -0.39 is 83.5 Å². The molecule has 1 heterocycles. The second-order valence-corrected chi connectivity index (χ2v) is 19.8. The third-order valence-corrected chi connectivity index (χ3v) is 12.9. The van der Waals surface area contributed by atoms with E-state index in [0.717, 1.165) is 96.3 Å². The van der Waals surface area contributed by atoms with Crippen molar-refractivity contribution in [2.45, 2.75) is 236 Å². The van der Waals surface area contributed by atoms with Crippen molar-refractivity contribution in [1.82, 2.24) is 0 Å². The molecule has 0 spiro atoms. The minimum Gasteiger partial charge on any atom is -0.462 e. The minimum absolute atomic E-state index is 0.0345. The Hall–Kier alpha value is -1.56. The van der Waals surface area contributed by atoms with Gasteiger partial charge in [-0.25, -0.2) is 9.13 Å². The van der Waals surface area contributed by atoms with Crippen LogP contribution in [0.3, 0.4) is 0 Å². The number of phosphoric ester groups is 2. The predicted octanol–water partition coefficient (Wildman–Crippen LogP) is 7.94. The van der Waals surface area contributed by atoms with Crippen molar-refractivity contribution in [2.24, 2.45) is 0 Å². The maximum atomic E-state index is 13.0. The van der Waals surface area contributed by atoms with Gasteiger partial charge in [-0.15, -0.1) is 0 Å². The van der Waals surface area contributed by atoms with E-state index in [9.17, 15) is 53.8 Å². The summed E-state index contributed by atoms with van der Waals surface area (Å²) in [5.41, 5.74) is 0. The first kappa shape index (κ1) is 58.6. The second-order valence-electron chi connectivity index (χ2n) is 17.2. The van der Waals surface area contributed by atoms with E-state index in [4.69, 9.17) is 23.3 Å². The molecular formula is C45H82O17P2. The van der Waals surface area contributed by atoms with Crippen LogP contribution in [-0.2, 0) is 46.5 Å². The Balaban J connectivity index is 1.79. The molecule has 0 amide bonds. The Morgan fingerprint density at radius 1 is 0.562 bits per heavy atom. The molecule has 0 bridgehead atoms. The van der Waals surface area contributed by atoms with Crippen LogP contribution in [0.2, 0.25) is 0 Å². The summed E-state index contributed by atoms with van der Waals surface area (Å²) >= 11 is 0. The number of unbranched alkanes of at least 4 members (excludes halogenated alkanes) is 18. The number of ether oxygens (including phenoxy) is 3. The van der Waals surface area contributed by atoms with Gasteiger partial charge in [-0.05, 0) is 64.2 Å². The van der Waals surface area contributed by atoms with Crippen LogP contribution in [0.4, 0.5) is 0 Å². The van der Waals surface area contributed by atoms with Gasteiger partial charge in [0.05, 0.1) is 18.8 Å². The van der Waals surface area contributed by atoms with E-state index in [2.05, 4.69) is 42.7 Å². The fraction of sp³-hybridized carbons (Fsp3) is 0.867. The molecule has 2 rings (SSSR count). The molecule has 7 unspecified atom stereocenters. The number of aliphatic hydroxyl groups is 4. The fourth-order valence-electron chi connectivity index (χ4n) is 7.56. The van der Waals surface area contributed by atoms with Crippen LogP contribution >= 0.6 is 15.6 Å². The summed E-state index contributed by atoms with van der Waals surface area (Å²) in [5, 5.41) is 41.2. The average Bonchev–Trinajstić information content (AvgIpc) is 4.00. The predicted molar refractivity (Wildman–Crippen MR) is 241 cm³/mol. The first-order valence-electron chi connectivity index (χ1n) is 24.0. The normalized spacial score (nSPS) is 25.1. The number of epoxide rings is 1. The van der Waals surface area contributed by atoms with E-state index in [1.165, 1.54) is 44.9 Å². The van der Waals surface area contributed by atoms with Gasteiger partial charge >= 0.3 is 27.6 Å². The van der Waals surface area contributed by atoms with Gasteiger partial charge < -0.3 is 49.3 Å². The number of phosphoric acid groups is 2. The largest absolute Gasteiger partial charge is 0.472 e. The molecule has 1 saturated carbocycles. The van der Waals surface area contributed by atoms with Crippen LogP contribution < -0.4 is 0 Å². The number of esters is 2. The lowest BCUT2D eigenvalue weighted by Gasteiger charge is -2.43. The number of allylic oxidation sites excluding steroid dienone is 3. The Bertz CT molecular complexity index is 1410. The quantitative estimate of drug-likeness (QED) is 0.0101. The van der Waals surface area contributed by atoms with Gasteiger partial charge in [0, 0.05) is 12.8 Å². The molecule has 2 aliphatic rings. The van der Waals surface area contributed by atoms with Gasteiger partial charge in [-0.3, -0.25) is 23.2 Å². The van der Waals surface area contributed by atoms with Gasteiger partial charge in [0.15, 0.2) is 6.10 Å². The van der Waals surface area contributed by atoms with Crippen molar-refractivity contribution in [3.8, 4) is 0 Å². The number of hydrogen-bond donors (Lipinski definition) is 7. The topological polar surface area (TPSA) is 269 Å². The fourth-order valence-corrected chi connectivity index (χ4v) is 9.10. The van der Waals surface area contributed by atoms with Crippen LogP contribution in [-0.4, -0.2) is 115 Å². The Kier molecular flexibility index (Phi) is 31.0. The zero-order valence-electron chi connectivity index (χ0n) is 38.4. The van der Waals surface area contributed by atoms with Crippen molar-refractivity contribution in [3.63, 3.8) is 0 Å². The lowest BCUT2D eigenvalue weighted by Crippen LogP contribution is -2.64. The molecule has 1 aliphatic heterocycles. The maximum Gasteiger partial charge on any atom is 0.472 e. The van der Waals surface area contributed by atoms with Gasteiger partial charge in [0.1, 0.15) is 43.2 Å². The Labute approximate surface area is 381 Å². The van der Waals surface area contributed by atoms with Crippen molar-refractivity contribution in [2.75, 3.05) is 13.2 Å². The SMILES string of the molecule is CCCCCC/C=C\CCCCCCCCCC(=O)O[C@H](COC(=O)CCCCCCC/C=C\CC1OC1CCCCC)COP(=O)(O)O[C@H]1C(O)C(O)C(O)[C@@H](OP(=O)(O)O)C1O. The van der Waals surface area contributed by atoms with Crippen LogP contribution in [0.25, 0.3) is 0 Å². The Morgan fingerprint density at radius 2 is 1.05 bits per heavy atom. The summed E-state index contributed by atoms with van der Waals surface area (Å²) in [6.45, 7) is 3.05. The second kappa shape index (κ2) is 33.8. The first-order valence-corrected chi connectivity index (χ1v) is 27.0. The van der Waals surface area contributed by atoms with Crippen molar-refractivity contribution in [1.29, 1.82) is 0 Å². The molecule has 1 aliphatic carbocycles. The number of hydrogen-bond acceptors (Lipinski definition) is 14. The van der Waals surface area contributed by atoms with Crippen LogP contribution in [0.15, 0.2) is 24.3 Å². The number of aliphatic hydroxyl groups excluding tert-OH is 4. The number of rotatable bonds is 39. The summed E-state index contributed by atoms with van der Waals surface area (Å²) < 4.78 is 55.1. The summed E-state index contributed by atoms with van der Waals surface area (Å²) in [6.07, 6.45) is 20.2. The monoisotopic (exact) mass is 957 g/mol. The van der Waals surface area contributed by atoms with Crippen molar-refractivity contribution >= 4 is 27.6 Å². The average molecular weight is 957 g/mol. The highest BCUT2D eigenvalue weighted by Gasteiger charge is 2.54. The molecule has 0 radical (unpaired) electrons. The highest BCUT2D eigenvalue weighted by Crippen LogP contribution is 2.49. The van der Waals surface area contributed by atoms with Gasteiger partial charge in [0.2, 0.25) is 0 Å². The van der Waals surface area contributed by atoms with E-state index in [0.29, 0.717) is 25.0 Å². The van der Waals surface area contributed by atoms with Gasteiger partial charge in [-0.2, -0.15) is 0 Å². The van der Waals surface area contributed by atoms with Crippen LogP contribution in [0.1, 0.15) is 181 Å². The van der Waals surface area contributed by atoms with E-state index in [-0.39, 0.29) is 12.8 Å². The highest BCUT2D eigenvalue weighted by molar-refractivity contribution is 7.47. The van der Waals surface area contributed by atoms with Gasteiger partial charge in [0.25, 0.3) is 0 Å². The lowest BCUT2D eigenvalue weighted by molar-refractivity contribution is -0.216. The van der Waals surface area contributed by atoms with Crippen LogP contribution in [0.5, 0.6) is 0 Å². The zero-order valence-corrected chi connectivity index (χ0v) is 40.2. The molecule has 374 valence electrons. The summed E-state index contributed by atoms with van der Waals surface area (Å²) in [4.78, 5) is 54.3. The Morgan fingerprint density at radius 3 is 1.61 bits per heavy atom. The van der Waals surface area contributed by atoms with Crippen molar-refractivity contribution in [3.05, 3.63) is 24.3 Å².